The minimum atomic E-state index is -0.606. The first kappa shape index (κ1) is 16.6. The van der Waals surface area contributed by atoms with Gasteiger partial charge in [0, 0.05) is 37.1 Å². The minimum absolute atomic E-state index is 0.290. The van der Waals surface area contributed by atoms with Crippen LogP contribution in [0.5, 0.6) is 5.75 Å². The summed E-state index contributed by atoms with van der Waals surface area (Å²) >= 11 is 0. The maximum absolute atomic E-state index is 13.9. The number of benzene rings is 2. The van der Waals surface area contributed by atoms with Gasteiger partial charge in [-0.05, 0) is 35.4 Å². The summed E-state index contributed by atoms with van der Waals surface area (Å²) in [4.78, 5) is 11.6. The standard InChI is InChI=1S/C20H19FN2O3/c1-26-20(25)13-4-2-12(3-5-13)11-23-16-8-9-22-10-14(16)18-17(23)7-6-15(21)19(18)24/h2-7,22,24H,8-11H2,1H3. The van der Waals surface area contributed by atoms with Gasteiger partial charge in [-0.25, -0.2) is 9.18 Å². The SMILES string of the molecule is COC(=O)c1ccc(Cn2c3c(c4c(O)c(F)ccc42)CNCC3)cc1. The molecular weight excluding hydrogens is 335 g/mol. The lowest BCUT2D eigenvalue weighted by Crippen LogP contribution is -2.24. The van der Waals surface area contributed by atoms with E-state index in [-0.39, 0.29) is 11.7 Å². The van der Waals surface area contributed by atoms with E-state index in [9.17, 15) is 14.3 Å². The van der Waals surface area contributed by atoms with E-state index in [1.807, 2.05) is 12.1 Å². The molecule has 0 saturated carbocycles. The van der Waals surface area contributed by atoms with Gasteiger partial charge in [-0.15, -0.1) is 0 Å². The Bertz CT molecular complexity index is 993. The number of ether oxygens (including phenoxy) is 1. The van der Waals surface area contributed by atoms with Crippen molar-refractivity contribution in [3.8, 4) is 5.75 Å². The monoisotopic (exact) mass is 354 g/mol. The van der Waals surface area contributed by atoms with Crippen molar-refractivity contribution >= 4 is 16.9 Å². The highest BCUT2D eigenvalue weighted by molar-refractivity contribution is 5.92. The number of aromatic nitrogens is 1. The highest BCUT2D eigenvalue weighted by atomic mass is 19.1. The Kier molecular flexibility index (Phi) is 4.12. The molecule has 0 fully saturated rings. The molecule has 0 bridgehead atoms. The first-order valence-corrected chi connectivity index (χ1v) is 8.49. The Hall–Kier alpha value is -2.86. The van der Waals surface area contributed by atoms with E-state index < -0.39 is 5.82 Å². The van der Waals surface area contributed by atoms with Crippen LogP contribution in [-0.2, 0) is 24.2 Å². The van der Waals surface area contributed by atoms with E-state index >= 15 is 0 Å². The van der Waals surface area contributed by atoms with E-state index in [0.717, 1.165) is 35.3 Å². The second-order valence-corrected chi connectivity index (χ2v) is 6.42. The van der Waals surface area contributed by atoms with Crippen LogP contribution in [-0.4, -0.2) is 29.3 Å². The van der Waals surface area contributed by atoms with Crippen LogP contribution >= 0.6 is 0 Å². The van der Waals surface area contributed by atoms with Crippen molar-refractivity contribution in [2.24, 2.45) is 0 Å². The van der Waals surface area contributed by atoms with Gasteiger partial charge >= 0.3 is 5.97 Å². The maximum atomic E-state index is 13.9. The molecule has 134 valence electrons. The third-order valence-electron chi connectivity index (χ3n) is 4.93. The van der Waals surface area contributed by atoms with Gasteiger partial charge in [0.25, 0.3) is 0 Å². The van der Waals surface area contributed by atoms with Crippen LogP contribution in [0.15, 0.2) is 36.4 Å². The van der Waals surface area contributed by atoms with Crippen LogP contribution in [0.2, 0.25) is 0 Å². The fourth-order valence-electron chi connectivity index (χ4n) is 3.65. The van der Waals surface area contributed by atoms with E-state index in [1.54, 1.807) is 18.2 Å². The number of phenolic OH excluding ortho intramolecular Hbond substituents is 1. The van der Waals surface area contributed by atoms with Gasteiger partial charge < -0.3 is 19.7 Å². The molecule has 1 aliphatic rings. The zero-order valence-corrected chi connectivity index (χ0v) is 14.4. The van der Waals surface area contributed by atoms with E-state index in [0.29, 0.717) is 24.0 Å². The van der Waals surface area contributed by atoms with Crippen LogP contribution in [0.25, 0.3) is 10.9 Å². The Balaban J connectivity index is 1.79. The van der Waals surface area contributed by atoms with Gasteiger partial charge in [0.15, 0.2) is 11.6 Å². The number of phenols is 1. The first-order chi connectivity index (χ1) is 12.6. The van der Waals surface area contributed by atoms with E-state index in [1.165, 1.54) is 13.2 Å². The fraction of sp³-hybridized carbons (Fsp3) is 0.250. The van der Waals surface area contributed by atoms with Crippen LogP contribution in [0.4, 0.5) is 4.39 Å². The number of methoxy groups -OCH3 is 1. The number of hydrogen-bond acceptors (Lipinski definition) is 4. The molecule has 1 aromatic heterocycles. The molecule has 4 rings (SSSR count). The number of carbonyl (C=O) groups is 1. The third kappa shape index (κ3) is 2.63. The number of aromatic hydroxyl groups is 1. The highest BCUT2D eigenvalue weighted by Gasteiger charge is 2.23. The zero-order valence-electron chi connectivity index (χ0n) is 14.4. The Morgan fingerprint density at radius 3 is 2.77 bits per heavy atom. The summed E-state index contributed by atoms with van der Waals surface area (Å²) in [6, 6.07) is 10.2. The second kappa shape index (κ2) is 6.46. The predicted octanol–water partition coefficient (Wildman–Crippen LogP) is 2.97. The number of carbonyl (C=O) groups excluding carboxylic acids is 1. The number of esters is 1. The van der Waals surface area contributed by atoms with Crippen LogP contribution in [0, 0.1) is 5.82 Å². The molecule has 2 N–H and O–H groups in total. The minimum Gasteiger partial charge on any atom is -0.504 e. The smallest absolute Gasteiger partial charge is 0.337 e. The number of fused-ring (bicyclic) bond motifs is 3. The lowest BCUT2D eigenvalue weighted by atomic mass is 10.1. The highest BCUT2D eigenvalue weighted by Crippen LogP contribution is 2.36. The topological polar surface area (TPSA) is 63.5 Å². The number of hydrogen-bond donors (Lipinski definition) is 2. The van der Waals surface area contributed by atoms with Crippen molar-refractivity contribution in [2.75, 3.05) is 13.7 Å². The number of nitrogens with zero attached hydrogens (tertiary/aromatic N) is 1. The van der Waals surface area contributed by atoms with Crippen LogP contribution < -0.4 is 5.32 Å². The lowest BCUT2D eigenvalue weighted by Gasteiger charge is -2.17. The summed E-state index contributed by atoms with van der Waals surface area (Å²) in [6.07, 6.45) is 0.811. The average Bonchev–Trinajstić information content (AvgIpc) is 2.99. The molecule has 0 aliphatic carbocycles. The molecule has 0 saturated heterocycles. The maximum Gasteiger partial charge on any atom is 0.337 e. The molecule has 0 unspecified atom stereocenters. The van der Waals surface area contributed by atoms with Gasteiger partial charge in [-0.2, -0.15) is 0 Å². The largest absolute Gasteiger partial charge is 0.504 e. The summed E-state index contributed by atoms with van der Waals surface area (Å²) in [7, 11) is 1.36. The average molecular weight is 354 g/mol. The summed E-state index contributed by atoms with van der Waals surface area (Å²) in [5.41, 5.74) is 4.39. The van der Waals surface area contributed by atoms with Gasteiger partial charge in [0.2, 0.25) is 0 Å². The van der Waals surface area contributed by atoms with E-state index in [2.05, 4.69) is 9.88 Å². The molecule has 6 heteroatoms. The fourth-order valence-corrected chi connectivity index (χ4v) is 3.65. The van der Waals surface area contributed by atoms with Crippen LogP contribution in [0.1, 0.15) is 27.2 Å². The zero-order chi connectivity index (χ0) is 18.3. The molecule has 0 atom stereocenters. The molecule has 3 aromatic rings. The van der Waals surface area contributed by atoms with Crippen LogP contribution in [0.3, 0.4) is 0 Å². The summed E-state index contributed by atoms with van der Waals surface area (Å²) in [6.45, 7) is 2.03. The molecule has 2 heterocycles. The second-order valence-electron chi connectivity index (χ2n) is 6.42. The van der Waals surface area contributed by atoms with E-state index in [4.69, 9.17) is 4.74 Å². The molecule has 1 aliphatic heterocycles. The molecule has 26 heavy (non-hydrogen) atoms. The molecule has 0 spiro atoms. The van der Waals surface area contributed by atoms with Gasteiger partial charge in [-0.3, -0.25) is 0 Å². The van der Waals surface area contributed by atoms with Crippen molar-refractivity contribution in [2.45, 2.75) is 19.5 Å². The van der Waals surface area contributed by atoms with Crippen molar-refractivity contribution in [3.05, 3.63) is 64.6 Å². The van der Waals surface area contributed by atoms with Crippen molar-refractivity contribution < 1.29 is 19.0 Å². The van der Waals surface area contributed by atoms with Crippen molar-refractivity contribution in [1.82, 2.24) is 9.88 Å². The van der Waals surface area contributed by atoms with Gasteiger partial charge in [-0.1, -0.05) is 12.1 Å². The number of nitrogens with one attached hydrogen (secondary N) is 1. The third-order valence-corrected chi connectivity index (χ3v) is 4.93. The molecule has 0 amide bonds. The molecule has 2 aromatic carbocycles. The van der Waals surface area contributed by atoms with Crippen molar-refractivity contribution in [3.63, 3.8) is 0 Å². The van der Waals surface area contributed by atoms with Gasteiger partial charge in [0.1, 0.15) is 0 Å². The molecule has 0 radical (unpaired) electrons. The normalized spacial score (nSPS) is 13.6. The number of halogens is 1. The lowest BCUT2D eigenvalue weighted by molar-refractivity contribution is 0.0600. The Morgan fingerprint density at radius 2 is 2.04 bits per heavy atom. The van der Waals surface area contributed by atoms with Gasteiger partial charge in [0.05, 0.1) is 18.2 Å². The van der Waals surface area contributed by atoms with Crippen molar-refractivity contribution in [1.29, 1.82) is 0 Å². The molecular formula is C20H19FN2O3. The summed E-state index contributed by atoms with van der Waals surface area (Å²) < 4.78 is 20.7. The predicted molar refractivity (Wildman–Crippen MR) is 95.9 cm³/mol. The molecule has 5 nitrogen and oxygen atoms in total. The first-order valence-electron chi connectivity index (χ1n) is 8.49. The number of rotatable bonds is 3. The Morgan fingerprint density at radius 1 is 1.27 bits per heavy atom. The Labute approximate surface area is 150 Å². The summed E-state index contributed by atoms with van der Waals surface area (Å²) in [5.74, 6) is -1.26. The quantitative estimate of drug-likeness (QED) is 0.710. The summed E-state index contributed by atoms with van der Waals surface area (Å²) in [5, 5.41) is 14.1.